The molecule has 0 bridgehead atoms. The minimum atomic E-state index is -3.38. The number of amides is 1. The highest BCUT2D eigenvalue weighted by molar-refractivity contribution is 9.10. The number of thiazole rings is 1. The molecule has 0 aliphatic carbocycles. The van der Waals surface area contributed by atoms with Crippen molar-refractivity contribution in [3.8, 4) is 0 Å². The van der Waals surface area contributed by atoms with Crippen molar-refractivity contribution >= 4 is 54.6 Å². The average Bonchev–Trinajstić information content (AvgIpc) is 3.18. The summed E-state index contributed by atoms with van der Waals surface area (Å²) in [6.07, 6.45) is 0.643. The van der Waals surface area contributed by atoms with Crippen LogP contribution in [0.2, 0.25) is 5.02 Å². The van der Waals surface area contributed by atoms with E-state index in [1.54, 1.807) is 23.1 Å². The van der Waals surface area contributed by atoms with E-state index < -0.39 is 15.1 Å². The molecule has 0 spiro atoms. The lowest BCUT2D eigenvalue weighted by Gasteiger charge is -2.31. The molecule has 1 aliphatic heterocycles. The summed E-state index contributed by atoms with van der Waals surface area (Å²) in [5.74, 6) is -0.313. The van der Waals surface area contributed by atoms with Crippen LogP contribution in [0.1, 0.15) is 31.9 Å². The zero-order chi connectivity index (χ0) is 21.3. The van der Waals surface area contributed by atoms with Gasteiger partial charge in [0.1, 0.15) is 10.3 Å². The zero-order valence-corrected chi connectivity index (χ0v) is 19.8. The Morgan fingerprint density at radius 2 is 2.00 bits per heavy atom. The van der Waals surface area contributed by atoms with Crippen LogP contribution < -0.4 is 0 Å². The van der Waals surface area contributed by atoms with Crippen LogP contribution in [-0.2, 0) is 16.3 Å². The molecule has 30 heavy (non-hydrogen) atoms. The number of benzene rings is 2. The fraction of sp³-hybridized carbons (Fsp3) is 0.238. The van der Waals surface area contributed by atoms with Gasteiger partial charge in [0.15, 0.2) is 9.84 Å². The van der Waals surface area contributed by atoms with Gasteiger partial charge in [0.2, 0.25) is 0 Å². The molecule has 0 N–H and O–H groups in total. The molecule has 3 aromatic rings. The Morgan fingerprint density at radius 3 is 2.73 bits per heavy atom. The maximum atomic E-state index is 12.9. The number of nitrogens with zero attached hydrogens (tertiary/aromatic N) is 2. The Hall–Kier alpha value is -1.74. The third-order valence-corrected chi connectivity index (χ3v) is 9.37. The number of hydrogen-bond acceptors (Lipinski definition) is 5. The van der Waals surface area contributed by atoms with Gasteiger partial charge >= 0.3 is 0 Å². The molecule has 0 radical (unpaired) electrons. The first-order chi connectivity index (χ1) is 14.3. The lowest BCUT2D eigenvalue weighted by molar-refractivity contribution is 0.0758. The van der Waals surface area contributed by atoms with Crippen LogP contribution in [0.3, 0.4) is 0 Å². The van der Waals surface area contributed by atoms with Gasteiger partial charge in [-0.15, -0.1) is 11.3 Å². The highest BCUT2D eigenvalue weighted by atomic mass is 79.9. The van der Waals surface area contributed by atoms with Crippen molar-refractivity contribution in [2.45, 2.75) is 11.7 Å². The monoisotopic (exact) mass is 524 g/mol. The normalized spacial score (nSPS) is 18.3. The number of halogens is 2. The van der Waals surface area contributed by atoms with Gasteiger partial charge < -0.3 is 4.90 Å². The smallest absolute Gasteiger partial charge is 0.253 e. The van der Waals surface area contributed by atoms with Crippen molar-refractivity contribution in [2.75, 3.05) is 18.8 Å². The first kappa shape index (κ1) is 21.5. The molecule has 156 valence electrons. The van der Waals surface area contributed by atoms with Crippen LogP contribution in [0.5, 0.6) is 0 Å². The van der Waals surface area contributed by atoms with Gasteiger partial charge in [-0.25, -0.2) is 13.4 Å². The Kier molecular flexibility index (Phi) is 6.29. The quantitative estimate of drug-likeness (QED) is 0.492. The SMILES string of the molecule is O=C(c1ccc(Br)c(Cl)c1)N1CCS(=O)(=O)[C@@H](c2nc(Cc3ccccc3)cs2)C1. The molecule has 2 aromatic carbocycles. The number of carbonyl (C=O) groups excluding carboxylic acids is 1. The fourth-order valence-electron chi connectivity index (χ4n) is 3.37. The van der Waals surface area contributed by atoms with E-state index in [1.165, 1.54) is 11.3 Å². The topological polar surface area (TPSA) is 67.3 Å². The zero-order valence-electron chi connectivity index (χ0n) is 15.8. The maximum absolute atomic E-state index is 12.9. The largest absolute Gasteiger partial charge is 0.336 e. The fourth-order valence-corrected chi connectivity index (χ4v) is 6.72. The molecule has 1 aromatic heterocycles. The summed E-state index contributed by atoms with van der Waals surface area (Å²) < 4.78 is 26.2. The van der Waals surface area contributed by atoms with E-state index in [1.807, 2.05) is 35.7 Å². The lowest BCUT2D eigenvalue weighted by Crippen LogP contribution is -2.45. The lowest BCUT2D eigenvalue weighted by atomic mass is 10.1. The van der Waals surface area contributed by atoms with Crippen LogP contribution in [0.25, 0.3) is 0 Å². The molecule has 4 rings (SSSR count). The first-order valence-electron chi connectivity index (χ1n) is 9.27. The van der Waals surface area contributed by atoms with Crippen molar-refractivity contribution < 1.29 is 13.2 Å². The van der Waals surface area contributed by atoms with Crippen LogP contribution in [-0.4, -0.2) is 43.1 Å². The summed E-state index contributed by atoms with van der Waals surface area (Å²) >= 11 is 10.8. The van der Waals surface area contributed by atoms with E-state index in [2.05, 4.69) is 20.9 Å². The standard InChI is InChI=1S/C21H18BrClN2O3S2/c22-17-7-6-15(11-18(17)23)21(26)25-8-9-30(27,28)19(12-25)20-24-16(13-29-20)10-14-4-2-1-3-5-14/h1-7,11,13,19H,8-10,12H2/t19-/m1/s1. The molecule has 1 aliphatic rings. The predicted molar refractivity (Wildman–Crippen MR) is 123 cm³/mol. The molecule has 1 saturated heterocycles. The number of aromatic nitrogens is 1. The average molecular weight is 526 g/mol. The van der Waals surface area contributed by atoms with Crippen molar-refractivity contribution in [1.29, 1.82) is 0 Å². The van der Waals surface area contributed by atoms with Crippen molar-refractivity contribution in [2.24, 2.45) is 0 Å². The Morgan fingerprint density at radius 1 is 1.23 bits per heavy atom. The number of rotatable bonds is 4. The summed E-state index contributed by atoms with van der Waals surface area (Å²) in [7, 11) is -3.38. The Bertz CT molecular complexity index is 1180. The van der Waals surface area contributed by atoms with Crippen LogP contribution in [0, 0.1) is 0 Å². The maximum Gasteiger partial charge on any atom is 0.253 e. The molecule has 0 unspecified atom stereocenters. The minimum absolute atomic E-state index is 0.0821. The molecule has 2 heterocycles. The Labute approximate surface area is 192 Å². The van der Waals surface area contributed by atoms with Gasteiger partial charge in [0.05, 0.1) is 16.5 Å². The first-order valence-corrected chi connectivity index (χ1v) is 13.0. The van der Waals surface area contributed by atoms with E-state index in [0.29, 0.717) is 26.5 Å². The van der Waals surface area contributed by atoms with Crippen molar-refractivity contribution in [3.05, 3.63) is 85.2 Å². The highest BCUT2D eigenvalue weighted by Gasteiger charge is 2.38. The van der Waals surface area contributed by atoms with Gasteiger partial charge in [-0.05, 0) is 39.7 Å². The molecule has 5 nitrogen and oxygen atoms in total. The number of carbonyl (C=O) groups is 1. The second-order valence-corrected chi connectivity index (χ2v) is 11.5. The number of sulfone groups is 1. The molecular formula is C21H18BrClN2O3S2. The van der Waals surface area contributed by atoms with Gasteiger partial charge in [0.25, 0.3) is 5.91 Å². The minimum Gasteiger partial charge on any atom is -0.336 e. The van der Waals surface area contributed by atoms with Crippen LogP contribution in [0.4, 0.5) is 0 Å². The van der Waals surface area contributed by atoms with Crippen LogP contribution in [0.15, 0.2) is 58.4 Å². The molecule has 1 amide bonds. The van der Waals surface area contributed by atoms with Gasteiger partial charge in [-0.1, -0.05) is 41.9 Å². The molecule has 9 heteroatoms. The summed E-state index contributed by atoms with van der Waals surface area (Å²) in [5, 5.41) is 2.06. The van der Waals surface area contributed by atoms with E-state index in [-0.39, 0.29) is 24.7 Å². The number of hydrogen-bond donors (Lipinski definition) is 0. The summed E-state index contributed by atoms with van der Waals surface area (Å²) in [6, 6.07) is 14.9. The molecular weight excluding hydrogens is 508 g/mol. The second kappa shape index (κ2) is 8.78. The van der Waals surface area contributed by atoms with E-state index in [9.17, 15) is 13.2 Å². The molecule has 1 atom stereocenters. The summed E-state index contributed by atoms with van der Waals surface area (Å²) in [5.41, 5.74) is 2.38. The van der Waals surface area contributed by atoms with Crippen molar-refractivity contribution in [3.63, 3.8) is 0 Å². The second-order valence-electron chi connectivity index (χ2n) is 7.08. The third kappa shape index (κ3) is 4.61. The predicted octanol–water partition coefficient (Wildman–Crippen LogP) is 4.76. The van der Waals surface area contributed by atoms with E-state index in [4.69, 9.17) is 11.6 Å². The third-order valence-electron chi connectivity index (χ3n) is 4.99. The Balaban J connectivity index is 1.55. The van der Waals surface area contributed by atoms with Gasteiger partial charge in [-0.3, -0.25) is 4.79 Å². The highest BCUT2D eigenvalue weighted by Crippen LogP contribution is 2.32. The van der Waals surface area contributed by atoms with Gasteiger partial charge in [-0.2, -0.15) is 0 Å². The van der Waals surface area contributed by atoms with E-state index >= 15 is 0 Å². The molecule has 1 fully saturated rings. The van der Waals surface area contributed by atoms with Crippen LogP contribution >= 0.6 is 38.9 Å². The van der Waals surface area contributed by atoms with Gasteiger partial charge in [0, 0.05) is 34.9 Å². The van der Waals surface area contributed by atoms with Crippen molar-refractivity contribution in [1.82, 2.24) is 9.88 Å². The molecule has 0 saturated carbocycles. The van der Waals surface area contributed by atoms with E-state index in [0.717, 1.165) is 11.3 Å². The summed E-state index contributed by atoms with van der Waals surface area (Å²) in [6.45, 7) is 0.251. The summed E-state index contributed by atoms with van der Waals surface area (Å²) in [4.78, 5) is 19.1.